The Bertz CT molecular complexity index is 555. The summed E-state index contributed by atoms with van der Waals surface area (Å²) in [6, 6.07) is 1.40. The van der Waals surface area contributed by atoms with Crippen molar-refractivity contribution in [3.63, 3.8) is 0 Å². The number of hydrogen-bond donors (Lipinski definition) is 1. The molecule has 0 atom stereocenters. The summed E-state index contributed by atoms with van der Waals surface area (Å²) >= 11 is 0.823. The standard InChI is InChI=1S/C14H20N2O5S/c1-4-7-9-8-10(17)16-14(15-9)22-11(12(18)20-5-2)13(19)21-6-3/h8,11H,4-7H2,1-3H3,(H,15,16,17). The minimum absolute atomic E-state index is 0.148. The highest BCUT2D eigenvalue weighted by Gasteiger charge is 2.31. The van der Waals surface area contributed by atoms with E-state index in [1.54, 1.807) is 13.8 Å². The van der Waals surface area contributed by atoms with Crippen LogP contribution in [-0.4, -0.2) is 40.4 Å². The predicted molar refractivity (Wildman–Crippen MR) is 81.8 cm³/mol. The fourth-order valence-corrected chi connectivity index (χ4v) is 2.54. The van der Waals surface area contributed by atoms with Gasteiger partial charge >= 0.3 is 11.9 Å². The molecule has 1 heterocycles. The van der Waals surface area contributed by atoms with E-state index in [-0.39, 0.29) is 23.9 Å². The molecule has 0 radical (unpaired) electrons. The van der Waals surface area contributed by atoms with E-state index in [1.807, 2.05) is 6.92 Å². The molecule has 1 N–H and O–H groups in total. The third-order valence-electron chi connectivity index (χ3n) is 2.51. The van der Waals surface area contributed by atoms with Gasteiger partial charge in [0, 0.05) is 11.8 Å². The molecule has 22 heavy (non-hydrogen) atoms. The normalized spacial score (nSPS) is 10.5. The van der Waals surface area contributed by atoms with Crippen molar-refractivity contribution in [2.45, 2.75) is 44.0 Å². The lowest BCUT2D eigenvalue weighted by atomic mass is 10.2. The number of nitrogens with zero attached hydrogens (tertiary/aromatic N) is 1. The molecule has 0 bridgehead atoms. The molecule has 0 saturated carbocycles. The molecule has 7 nitrogen and oxygen atoms in total. The summed E-state index contributed by atoms with van der Waals surface area (Å²) in [4.78, 5) is 42.2. The first-order valence-corrected chi connectivity index (χ1v) is 7.99. The van der Waals surface area contributed by atoms with Crippen LogP contribution in [0.25, 0.3) is 0 Å². The van der Waals surface area contributed by atoms with Gasteiger partial charge in [-0.3, -0.25) is 14.4 Å². The summed E-state index contributed by atoms with van der Waals surface area (Å²) in [5.41, 5.74) is 0.285. The number of aryl methyl sites for hydroxylation is 1. The van der Waals surface area contributed by atoms with Crippen LogP contribution in [0.4, 0.5) is 0 Å². The molecule has 122 valence electrons. The van der Waals surface area contributed by atoms with E-state index in [9.17, 15) is 14.4 Å². The monoisotopic (exact) mass is 328 g/mol. The lowest BCUT2D eigenvalue weighted by molar-refractivity contribution is -0.152. The number of carbonyl (C=O) groups is 2. The first-order chi connectivity index (χ1) is 10.5. The zero-order chi connectivity index (χ0) is 16.5. The Morgan fingerprint density at radius 2 is 1.82 bits per heavy atom. The maximum absolute atomic E-state index is 11.9. The number of nitrogens with one attached hydrogen (secondary N) is 1. The number of esters is 2. The van der Waals surface area contributed by atoms with Gasteiger partial charge in [0.05, 0.1) is 13.2 Å². The van der Waals surface area contributed by atoms with E-state index >= 15 is 0 Å². The van der Waals surface area contributed by atoms with Crippen LogP contribution in [0.1, 0.15) is 32.9 Å². The Morgan fingerprint density at radius 1 is 1.23 bits per heavy atom. The smallest absolute Gasteiger partial charge is 0.331 e. The molecule has 1 rings (SSSR count). The molecule has 0 fully saturated rings. The number of aromatic nitrogens is 2. The average Bonchev–Trinajstić information content (AvgIpc) is 2.45. The number of ether oxygens (including phenoxy) is 2. The molecule has 0 aromatic carbocycles. The highest BCUT2D eigenvalue weighted by Crippen LogP contribution is 2.21. The zero-order valence-corrected chi connectivity index (χ0v) is 13.7. The van der Waals surface area contributed by atoms with Crippen LogP contribution in [0.3, 0.4) is 0 Å². The van der Waals surface area contributed by atoms with Crippen molar-refractivity contribution in [2.75, 3.05) is 13.2 Å². The van der Waals surface area contributed by atoms with E-state index in [2.05, 4.69) is 9.97 Å². The van der Waals surface area contributed by atoms with E-state index in [1.165, 1.54) is 6.07 Å². The third-order valence-corrected chi connectivity index (χ3v) is 3.55. The van der Waals surface area contributed by atoms with Gasteiger partial charge in [0.15, 0.2) is 5.16 Å². The predicted octanol–water partition coefficient (Wildman–Crippen LogP) is 1.31. The van der Waals surface area contributed by atoms with Gasteiger partial charge in [-0.1, -0.05) is 25.1 Å². The molecule has 0 saturated heterocycles. The molecule has 0 aliphatic rings. The van der Waals surface area contributed by atoms with Crippen molar-refractivity contribution >= 4 is 23.7 Å². The van der Waals surface area contributed by atoms with E-state index in [0.717, 1.165) is 18.2 Å². The number of hydrogen-bond acceptors (Lipinski definition) is 7. The van der Waals surface area contributed by atoms with Gasteiger partial charge in [-0.15, -0.1) is 0 Å². The average molecular weight is 328 g/mol. The summed E-state index contributed by atoms with van der Waals surface area (Å²) in [7, 11) is 0. The highest BCUT2D eigenvalue weighted by molar-refractivity contribution is 8.01. The van der Waals surface area contributed by atoms with Gasteiger partial charge in [0.1, 0.15) is 0 Å². The van der Waals surface area contributed by atoms with Crippen molar-refractivity contribution < 1.29 is 19.1 Å². The van der Waals surface area contributed by atoms with Crippen LogP contribution >= 0.6 is 11.8 Å². The van der Waals surface area contributed by atoms with E-state index in [0.29, 0.717) is 12.1 Å². The molecule has 8 heteroatoms. The van der Waals surface area contributed by atoms with Crippen LogP contribution in [-0.2, 0) is 25.5 Å². The molecular weight excluding hydrogens is 308 g/mol. The fraction of sp³-hybridized carbons (Fsp3) is 0.571. The summed E-state index contributed by atoms with van der Waals surface area (Å²) < 4.78 is 9.74. The van der Waals surface area contributed by atoms with Gasteiger partial charge in [-0.2, -0.15) is 0 Å². The van der Waals surface area contributed by atoms with Crippen molar-refractivity contribution in [3.8, 4) is 0 Å². The van der Waals surface area contributed by atoms with Gasteiger partial charge in [-0.05, 0) is 20.3 Å². The maximum Gasteiger partial charge on any atom is 0.331 e. The summed E-state index contributed by atoms with van der Waals surface area (Å²) in [5.74, 6) is -1.43. The van der Waals surface area contributed by atoms with Crippen LogP contribution < -0.4 is 5.56 Å². The van der Waals surface area contributed by atoms with Crippen LogP contribution in [0, 0.1) is 0 Å². The Labute approximate surface area is 132 Å². The summed E-state index contributed by atoms with van der Waals surface area (Å²) in [6.07, 6.45) is 1.47. The molecule has 0 aliphatic carbocycles. The minimum Gasteiger partial charge on any atom is -0.465 e. The molecule has 0 unspecified atom stereocenters. The second kappa shape index (κ2) is 9.24. The maximum atomic E-state index is 11.9. The fourth-order valence-electron chi connectivity index (χ4n) is 1.66. The second-order valence-electron chi connectivity index (χ2n) is 4.29. The topological polar surface area (TPSA) is 98.3 Å². The molecular formula is C14H20N2O5S. The third kappa shape index (κ3) is 5.51. The second-order valence-corrected chi connectivity index (χ2v) is 5.39. The number of rotatable bonds is 8. The number of carbonyl (C=O) groups excluding carboxylic acids is 2. The zero-order valence-electron chi connectivity index (χ0n) is 12.9. The lowest BCUT2D eigenvalue weighted by Gasteiger charge is -2.13. The van der Waals surface area contributed by atoms with Gasteiger partial charge in [0.2, 0.25) is 5.25 Å². The first-order valence-electron chi connectivity index (χ1n) is 7.11. The SMILES string of the molecule is CCCc1cc(=O)[nH]c(SC(C(=O)OCC)C(=O)OCC)n1. The van der Waals surface area contributed by atoms with Crippen molar-refractivity contribution in [3.05, 3.63) is 22.1 Å². The van der Waals surface area contributed by atoms with Crippen molar-refractivity contribution in [2.24, 2.45) is 0 Å². The molecule has 0 spiro atoms. The van der Waals surface area contributed by atoms with Gasteiger partial charge < -0.3 is 14.5 Å². The van der Waals surface area contributed by atoms with Crippen LogP contribution in [0.5, 0.6) is 0 Å². The van der Waals surface area contributed by atoms with E-state index < -0.39 is 17.2 Å². The minimum atomic E-state index is -1.21. The van der Waals surface area contributed by atoms with E-state index in [4.69, 9.17) is 9.47 Å². The Kier molecular flexibility index (Phi) is 7.65. The lowest BCUT2D eigenvalue weighted by Crippen LogP contribution is -2.31. The molecule has 1 aromatic rings. The first kappa shape index (κ1) is 18.2. The van der Waals surface area contributed by atoms with Crippen LogP contribution in [0.2, 0.25) is 0 Å². The Morgan fingerprint density at radius 3 is 2.32 bits per heavy atom. The Balaban J connectivity index is 3.00. The molecule has 1 aromatic heterocycles. The quantitative estimate of drug-likeness (QED) is 0.332. The number of thioether (sulfide) groups is 1. The van der Waals surface area contributed by atoms with Crippen molar-refractivity contribution in [1.29, 1.82) is 0 Å². The number of aromatic amines is 1. The number of H-pyrrole nitrogens is 1. The van der Waals surface area contributed by atoms with Crippen molar-refractivity contribution in [1.82, 2.24) is 9.97 Å². The molecule has 0 amide bonds. The van der Waals surface area contributed by atoms with Gasteiger partial charge in [-0.25, -0.2) is 4.98 Å². The van der Waals surface area contributed by atoms with Crippen LogP contribution in [0.15, 0.2) is 16.0 Å². The summed E-state index contributed by atoms with van der Waals surface area (Å²) in [5, 5.41) is -1.01. The molecule has 0 aliphatic heterocycles. The summed E-state index contributed by atoms with van der Waals surface area (Å²) in [6.45, 7) is 5.56. The van der Waals surface area contributed by atoms with Gasteiger partial charge in [0.25, 0.3) is 5.56 Å². The largest absolute Gasteiger partial charge is 0.465 e. The Hall–Kier alpha value is -1.83. The highest BCUT2D eigenvalue weighted by atomic mass is 32.2.